The fourth-order valence-corrected chi connectivity index (χ4v) is 3.18. The summed E-state index contributed by atoms with van der Waals surface area (Å²) in [5.74, 6) is 1.20. The van der Waals surface area contributed by atoms with E-state index in [1.54, 1.807) is 4.90 Å². The van der Waals surface area contributed by atoms with Crippen LogP contribution in [0.1, 0.15) is 39.0 Å². The van der Waals surface area contributed by atoms with Gasteiger partial charge in [0.15, 0.2) is 5.96 Å². The Labute approximate surface area is 177 Å². The molecule has 1 heterocycles. The third-order valence-corrected chi connectivity index (χ3v) is 4.55. The Bertz CT molecular complexity index is 442. The van der Waals surface area contributed by atoms with E-state index in [-0.39, 0.29) is 35.9 Å². The van der Waals surface area contributed by atoms with E-state index in [0.717, 1.165) is 70.8 Å². The van der Waals surface area contributed by atoms with E-state index >= 15 is 0 Å². The molecule has 0 saturated carbocycles. The molecule has 0 aliphatic carbocycles. The predicted molar refractivity (Wildman–Crippen MR) is 121 cm³/mol. The number of aliphatic imine (C=N–C) groups is 1. The van der Waals surface area contributed by atoms with E-state index < -0.39 is 0 Å². The van der Waals surface area contributed by atoms with Crippen molar-refractivity contribution in [1.82, 2.24) is 20.0 Å². The number of hydrogen-bond acceptors (Lipinski definition) is 3. The lowest BCUT2D eigenvalue weighted by molar-refractivity contribution is -0.133. The summed E-state index contributed by atoms with van der Waals surface area (Å²) in [7, 11) is 5.76. The molecule has 0 aromatic heterocycles. The second-order valence-corrected chi connectivity index (χ2v) is 6.87. The molecule has 26 heavy (non-hydrogen) atoms. The van der Waals surface area contributed by atoms with Crippen LogP contribution in [-0.2, 0) is 4.79 Å². The molecule has 0 aromatic rings. The monoisotopic (exact) mass is 479 g/mol. The van der Waals surface area contributed by atoms with Gasteiger partial charge >= 0.3 is 0 Å². The molecule has 0 bridgehead atoms. The summed E-state index contributed by atoms with van der Waals surface area (Å²) in [4.78, 5) is 23.2. The first kappa shape index (κ1) is 25.2. The number of halogens is 1. The van der Waals surface area contributed by atoms with Crippen molar-refractivity contribution in [1.29, 1.82) is 0 Å². The van der Waals surface area contributed by atoms with Gasteiger partial charge in [-0.05, 0) is 45.6 Å². The minimum absolute atomic E-state index is 0. The Morgan fingerprint density at radius 1 is 1.35 bits per heavy atom. The van der Waals surface area contributed by atoms with Gasteiger partial charge in [0.05, 0.1) is 6.04 Å². The van der Waals surface area contributed by atoms with Crippen LogP contribution in [0.2, 0.25) is 0 Å². The molecule has 7 heteroatoms. The van der Waals surface area contributed by atoms with Gasteiger partial charge in [-0.15, -0.1) is 30.6 Å². The van der Waals surface area contributed by atoms with Crippen LogP contribution in [0.3, 0.4) is 0 Å². The fraction of sp³-hybridized carbons (Fsp3) is 0.789. The quantitative estimate of drug-likeness (QED) is 0.172. The second kappa shape index (κ2) is 14.3. The lowest BCUT2D eigenvalue weighted by Crippen LogP contribution is -2.43. The molecular formula is C19H38IN5O. The molecular weight excluding hydrogens is 441 g/mol. The summed E-state index contributed by atoms with van der Waals surface area (Å²) in [6.07, 6.45) is 7.15. The van der Waals surface area contributed by atoms with E-state index in [2.05, 4.69) is 35.7 Å². The van der Waals surface area contributed by atoms with E-state index in [4.69, 9.17) is 4.99 Å². The fourth-order valence-electron chi connectivity index (χ4n) is 3.18. The first-order valence-electron chi connectivity index (χ1n) is 9.56. The molecule has 1 fully saturated rings. The number of unbranched alkanes of at least 4 members (excludes halogenated alkanes) is 1. The smallest absolute Gasteiger partial charge is 0.239 e. The van der Waals surface area contributed by atoms with Gasteiger partial charge in [0.25, 0.3) is 0 Å². The molecule has 0 radical (unpaired) electrons. The van der Waals surface area contributed by atoms with E-state index in [0.29, 0.717) is 0 Å². The third-order valence-electron chi connectivity index (χ3n) is 4.55. The van der Waals surface area contributed by atoms with Crippen LogP contribution in [-0.4, -0.2) is 86.5 Å². The van der Waals surface area contributed by atoms with Crippen LogP contribution in [0.4, 0.5) is 0 Å². The van der Waals surface area contributed by atoms with E-state index in [1.165, 1.54) is 0 Å². The largest absolute Gasteiger partial charge is 0.357 e. The molecule has 1 aliphatic rings. The van der Waals surface area contributed by atoms with Crippen molar-refractivity contribution >= 4 is 35.8 Å². The highest BCUT2D eigenvalue weighted by Gasteiger charge is 2.30. The number of rotatable bonds is 10. The molecule has 1 atom stereocenters. The van der Waals surface area contributed by atoms with Crippen molar-refractivity contribution in [3.8, 4) is 0 Å². The Morgan fingerprint density at radius 2 is 2.08 bits per heavy atom. The van der Waals surface area contributed by atoms with Crippen LogP contribution in [0.15, 0.2) is 17.6 Å². The van der Waals surface area contributed by atoms with Gasteiger partial charge in [-0.2, -0.15) is 0 Å². The molecule has 152 valence electrons. The van der Waals surface area contributed by atoms with Crippen molar-refractivity contribution < 1.29 is 4.79 Å². The van der Waals surface area contributed by atoms with Crippen molar-refractivity contribution in [2.24, 2.45) is 4.99 Å². The molecule has 1 unspecified atom stereocenters. The van der Waals surface area contributed by atoms with Crippen LogP contribution in [0.5, 0.6) is 0 Å². The summed E-state index contributed by atoms with van der Waals surface area (Å²) >= 11 is 0. The lowest BCUT2D eigenvalue weighted by Gasteiger charge is -2.26. The Morgan fingerprint density at radius 3 is 2.69 bits per heavy atom. The number of nitrogens with zero attached hydrogens (tertiary/aromatic N) is 4. The predicted octanol–water partition coefficient (Wildman–Crippen LogP) is 2.41. The molecule has 0 spiro atoms. The van der Waals surface area contributed by atoms with Crippen molar-refractivity contribution in [2.45, 2.75) is 45.1 Å². The maximum atomic E-state index is 12.2. The molecule has 1 rings (SSSR count). The highest BCUT2D eigenvalue weighted by molar-refractivity contribution is 14.0. The number of amides is 1. The number of carbonyl (C=O) groups is 1. The minimum Gasteiger partial charge on any atom is -0.357 e. The van der Waals surface area contributed by atoms with Crippen LogP contribution < -0.4 is 5.32 Å². The standard InChI is InChI=1S/C19H37N5O.HI/c1-6-8-9-14-23(5)19(20-7-2)21-13-11-16-24-15-10-12-17(24)18(25)22(3)4;/h6,17H,1,7-16H2,2-5H3,(H,20,21);1H. The maximum absolute atomic E-state index is 12.2. The number of hydrogen-bond donors (Lipinski definition) is 1. The second-order valence-electron chi connectivity index (χ2n) is 6.87. The first-order valence-corrected chi connectivity index (χ1v) is 9.56. The SMILES string of the molecule is C=CCCCN(C)C(=NCCCN1CCCC1C(=O)N(C)C)NCC.I. The van der Waals surface area contributed by atoms with Gasteiger partial charge in [-0.3, -0.25) is 14.7 Å². The van der Waals surface area contributed by atoms with Crippen LogP contribution in [0, 0.1) is 0 Å². The first-order chi connectivity index (χ1) is 12.0. The normalized spacial score (nSPS) is 17.5. The number of guanidine groups is 1. The number of likely N-dealkylation sites (tertiary alicyclic amines) is 1. The topological polar surface area (TPSA) is 51.2 Å². The van der Waals surface area contributed by atoms with E-state index in [1.807, 2.05) is 20.2 Å². The molecule has 0 aromatic carbocycles. The highest BCUT2D eigenvalue weighted by atomic mass is 127. The zero-order valence-corrected chi connectivity index (χ0v) is 19.4. The summed E-state index contributed by atoms with van der Waals surface area (Å²) in [6.45, 7) is 10.5. The number of allylic oxidation sites excluding steroid dienone is 1. The average molecular weight is 479 g/mol. The Balaban J connectivity index is 0.00000625. The van der Waals surface area contributed by atoms with E-state index in [9.17, 15) is 4.79 Å². The maximum Gasteiger partial charge on any atom is 0.239 e. The molecule has 1 saturated heterocycles. The summed E-state index contributed by atoms with van der Waals surface area (Å²) in [6, 6.07) is 0.0637. The average Bonchev–Trinajstić information content (AvgIpc) is 3.05. The van der Waals surface area contributed by atoms with Gasteiger partial charge < -0.3 is 15.1 Å². The number of carbonyl (C=O) groups excluding carboxylic acids is 1. The zero-order chi connectivity index (χ0) is 18.7. The van der Waals surface area contributed by atoms with Gasteiger partial charge in [0.1, 0.15) is 0 Å². The van der Waals surface area contributed by atoms with Crippen molar-refractivity contribution in [3.63, 3.8) is 0 Å². The Kier molecular flexibility index (Phi) is 13.8. The van der Waals surface area contributed by atoms with Crippen molar-refractivity contribution in [3.05, 3.63) is 12.7 Å². The molecule has 1 amide bonds. The zero-order valence-electron chi connectivity index (χ0n) is 17.0. The number of nitrogens with one attached hydrogen (secondary N) is 1. The number of likely N-dealkylation sites (N-methyl/N-ethyl adjacent to an activating group) is 1. The molecule has 1 aliphatic heterocycles. The Hall–Kier alpha value is -0.830. The summed E-state index contributed by atoms with van der Waals surface area (Å²) in [5, 5.41) is 3.36. The molecule has 6 nitrogen and oxygen atoms in total. The highest BCUT2D eigenvalue weighted by Crippen LogP contribution is 2.18. The van der Waals surface area contributed by atoms with Gasteiger partial charge in [0.2, 0.25) is 5.91 Å². The van der Waals surface area contributed by atoms with Gasteiger partial charge in [0, 0.05) is 47.3 Å². The third kappa shape index (κ3) is 8.70. The van der Waals surface area contributed by atoms with Crippen LogP contribution in [0.25, 0.3) is 0 Å². The summed E-state index contributed by atoms with van der Waals surface area (Å²) < 4.78 is 0. The van der Waals surface area contributed by atoms with Gasteiger partial charge in [-0.1, -0.05) is 6.08 Å². The van der Waals surface area contributed by atoms with Gasteiger partial charge in [-0.25, -0.2) is 0 Å². The van der Waals surface area contributed by atoms with Crippen LogP contribution >= 0.6 is 24.0 Å². The lowest BCUT2D eigenvalue weighted by atomic mass is 10.2. The molecule has 1 N–H and O–H groups in total. The van der Waals surface area contributed by atoms with Crippen molar-refractivity contribution in [2.75, 3.05) is 53.9 Å². The minimum atomic E-state index is 0. The summed E-state index contributed by atoms with van der Waals surface area (Å²) in [5.41, 5.74) is 0.